The van der Waals surface area contributed by atoms with Crippen LogP contribution in [0.25, 0.3) is 0 Å². The van der Waals surface area contributed by atoms with E-state index in [1.54, 1.807) is 12.1 Å². The number of benzene rings is 2. The number of carbonyl (C=O) groups excluding carboxylic acids is 3. The fourth-order valence-corrected chi connectivity index (χ4v) is 2.74. The molecule has 0 spiro atoms. The van der Waals surface area contributed by atoms with Crippen LogP contribution >= 0.6 is 11.6 Å². The summed E-state index contributed by atoms with van der Waals surface area (Å²) < 4.78 is 48.0. The van der Waals surface area contributed by atoms with Crippen LogP contribution in [0.4, 0.5) is 24.5 Å². The zero-order chi connectivity index (χ0) is 23.7. The van der Waals surface area contributed by atoms with Gasteiger partial charge in [0.1, 0.15) is 5.75 Å². The molecule has 7 nitrogen and oxygen atoms in total. The maximum Gasteiger partial charge on any atom is 0.416 e. The Labute approximate surface area is 186 Å². The van der Waals surface area contributed by atoms with Gasteiger partial charge in [-0.25, -0.2) is 0 Å². The first-order valence-corrected chi connectivity index (χ1v) is 9.72. The Hall–Kier alpha value is -3.27. The van der Waals surface area contributed by atoms with E-state index in [0.717, 1.165) is 12.1 Å². The summed E-state index contributed by atoms with van der Waals surface area (Å²) in [7, 11) is 1.42. The summed E-state index contributed by atoms with van der Waals surface area (Å²) in [4.78, 5) is 35.6. The number of alkyl halides is 3. The summed E-state index contributed by atoms with van der Waals surface area (Å²) in [5, 5.41) is 5.22. The molecule has 172 valence electrons. The third-order valence-electron chi connectivity index (χ3n) is 4.06. The van der Waals surface area contributed by atoms with Crippen LogP contribution in [0.15, 0.2) is 42.5 Å². The molecule has 32 heavy (non-hydrogen) atoms. The van der Waals surface area contributed by atoms with Crippen molar-refractivity contribution in [1.29, 1.82) is 0 Å². The molecule has 0 saturated heterocycles. The summed E-state index contributed by atoms with van der Waals surface area (Å²) >= 11 is 5.87. The average molecular weight is 473 g/mol. The van der Waals surface area contributed by atoms with Crippen molar-refractivity contribution < 1.29 is 37.0 Å². The number of nitrogens with one attached hydrogen (secondary N) is 2. The third-order valence-corrected chi connectivity index (χ3v) is 4.29. The fraction of sp³-hybridized carbons (Fsp3) is 0.286. The normalized spacial score (nSPS) is 10.9. The van der Waals surface area contributed by atoms with Crippen LogP contribution in [0.1, 0.15) is 24.8 Å². The largest absolute Gasteiger partial charge is 0.495 e. The molecule has 2 amide bonds. The van der Waals surface area contributed by atoms with Crippen molar-refractivity contribution >= 4 is 40.8 Å². The molecule has 0 unspecified atom stereocenters. The van der Waals surface area contributed by atoms with Gasteiger partial charge in [-0.2, -0.15) is 13.2 Å². The highest BCUT2D eigenvalue weighted by Crippen LogP contribution is 2.30. The lowest BCUT2D eigenvalue weighted by molar-refractivity contribution is -0.147. The number of rotatable bonds is 9. The van der Waals surface area contributed by atoms with Gasteiger partial charge in [0, 0.05) is 23.6 Å². The Balaban J connectivity index is 1.72. The van der Waals surface area contributed by atoms with Crippen LogP contribution in [-0.2, 0) is 25.3 Å². The van der Waals surface area contributed by atoms with Crippen molar-refractivity contribution in [3.8, 4) is 5.75 Å². The molecule has 11 heteroatoms. The van der Waals surface area contributed by atoms with E-state index in [-0.39, 0.29) is 24.9 Å². The molecule has 0 fully saturated rings. The number of amides is 2. The first-order chi connectivity index (χ1) is 15.1. The molecule has 2 aromatic carbocycles. The fourth-order valence-electron chi connectivity index (χ4n) is 2.57. The van der Waals surface area contributed by atoms with E-state index in [0.29, 0.717) is 16.5 Å². The second kappa shape index (κ2) is 11.4. The highest BCUT2D eigenvalue weighted by molar-refractivity contribution is 6.31. The van der Waals surface area contributed by atoms with E-state index < -0.39 is 36.1 Å². The van der Waals surface area contributed by atoms with Crippen LogP contribution < -0.4 is 15.4 Å². The Bertz CT molecular complexity index is 982. The molecular weight excluding hydrogens is 453 g/mol. The maximum atomic E-state index is 12.7. The Kier molecular flexibility index (Phi) is 8.89. The molecule has 0 bridgehead atoms. The second-order valence-corrected chi connectivity index (χ2v) is 6.97. The Morgan fingerprint density at radius 1 is 1.00 bits per heavy atom. The van der Waals surface area contributed by atoms with Gasteiger partial charge >= 0.3 is 12.1 Å². The van der Waals surface area contributed by atoms with E-state index in [4.69, 9.17) is 21.1 Å². The topological polar surface area (TPSA) is 93.7 Å². The molecule has 0 aromatic heterocycles. The quantitative estimate of drug-likeness (QED) is 0.518. The molecule has 0 atom stereocenters. The van der Waals surface area contributed by atoms with E-state index in [1.807, 2.05) is 0 Å². The second-order valence-electron chi connectivity index (χ2n) is 6.53. The van der Waals surface area contributed by atoms with E-state index in [1.165, 1.54) is 25.3 Å². The van der Waals surface area contributed by atoms with E-state index in [2.05, 4.69) is 10.6 Å². The number of halogens is 4. The highest BCUT2D eigenvalue weighted by atomic mass is 35.5. The minimum atomic E-state index is -4.52. The van der Waals surface area contributed by atoms with Crippen LogP contribution in [0.5, 0.6) is 5.75 Å². The molecular formula is C21H20ClF3N2O5. The first-order valence-electron chi connectivity index (χ1n) is 9.34. The lowest BCUT2D eigenvalue weighted by atomic mass is 10.2. The number of esters is 1. The molecule has 2 rings (SSSR count). The predicted octanol–water partition coefficient (Wildman–Crippen LogP) is 4.66. The lowest BCUT2D eigenvalue weighted by Crippen LogP contribution is -2.21. The Morgan fingerprint density at radius 3 is 2.44 bits per heavy atom. The van der Waals surface area contributed by atoms with Gasteiger partial charge in [0.05, 0.1) is 18.4 Å². The van der Waals surface area contributed by atoms with Gasteiger partial charge in [-0.3, -0.25) is 14.4 Å². The van der Waals surface area contributed by atoms with Crippen molar-refractivity contribution in [1.82, 2.24) is 0 Å². The maximum absolute atomic E-state index is 12.7. The van der Waals surface area contributed by atoms with Crippen molar-refractivity contribution in [3.05, 3.63) is 53.1 Å². The highest BCUT2D eigenvalue weighted by Gasteiger charge is 2.30. The summed E-state index contributed by atoms with van der Waals surface area (Å²) in [6, 6.07) is 8.84. The van der Waals surface area contributed by atoms with Crippen LogP contribution in [0.2, 0.25) is 5.02 Å². The predicted molar refractivity (Wildman–Crippen MR) is 112 cm³/mol. The molecule has 0 aliphatic heterocycles. The minimum absolute atomic E-state index is 0.000478. The number of carbonyl (C=O) groups is 3. The number of hydrogen-bond acceptors (Lipinski definition) is 5. The van der Waals surface area contributed by atoms with Crippen molar-refractivity contribution in [2.24, 2.45) is 0 Å². The third kappa shape index (κ3) is 8.10. The van der Waals surface area contributed by atoms with Gasteiger partial charge in [0.25, 0.3) is 5.91 Å². The zero-order valence-electron chi connectivity index (χ0n) is 16.9. The number of anilines is 2. The molecule has 0 saturated carbocycles. The average Bonchev–Trinajstić information content (AvgIpc) is 2.72. The SMILES string of the molecule is COc1ccc(Cl)cc1NC(=O)COC(=O)CCCC(=O)Nc1cccc(C(F)(F)F)c1. The first kappa shape index (κ1) is 25.0. The summed E-state index contributed by atoms with van der Waals surface area (Å²) in [6.45, 7) is -0.551. The summed E-state index contributed by atoms with van der Waals surface area (Å²) in [6.07, 6.45) is -4.69. The van der Waals surface area contributed by atoms with Gasteiger partial charge in [-0.15, -0.1) is 0 Å². The number of methoxy groups -OCH3 is 1. The van der Waals surface area contributed by atoms with Crippen LogP contribution in [0.3, 0.4) is 0 Å². The van der Waals surface area contributed by atoms with Crippen LogP contribution in [0, 0.1) is 0 Å². The zero-order valence-corrected chi connectivity index (χ0v) is 17.7. The standard InChI is InChI=1S/C21H20ClF3N2O5/c1-31-17-9-8-14(22)11-16(17)27-19(29)12-32-20(30)7-3-6-18(28)26-15-5-2-4-13(10-15)21(23,24)25/h2,4-5,8-11H,3,6-7,12H2,1H3,(H,26,28)(H,27,29). The number of ether oxygens (including phenoxy) is 2. The van der Waals surface area contributed by atoms with Crippen molar-refractivity contribution in [2.75, 3.05) is 24.4 Å². The van der Waals surface area contributed by atoms with E-state index >= 15 is 0 Å². The molecule has 2 aromatic rings. The van der Waals surface area contributed by atoms with Gasteiger partial charge < -0.3 is 20.1 Å². The monoisotopic (exact) mass is 472 g/mol. The summed E-state index contributed by atoms with van der Waals surface area (Å²) in [5.41, 5.74) is -0.569. The Morgan fingerprint density at radius 2 is 1.75 bits per heavy atom. The van der Waals surface area contributed by atoms with E-state index in [9.17, 15) is 27.6 Å². The summed E-state index contributed by atoms with van der Waals surface area (Å²) in [5.74, 6) is -1.49. The van der Waals surface area contributed by atoms with Gasteiger partial charge in [-0.1, -0.05) is 17.7 Å². The smallest absolute Gasteiger partial charge is 0.416 e. The molecule has 0 radical (unpaired) electrons. The molecule has 0 heterocycles. The number of hydrogen-bond donors (Lipinski definition) is 2. The van der Waals surface area contributed by atoms with Gasteiger partial charge in [0.15, 0.2) is 6.61 Å². The molecule has 2 N–H and O–H groups in total. The van der Waals surface area contributed by atoms with Crippen molar-refractivity contribution in [2.45, 2.75) is 25.4 Å². The minimum Gasteiger partial charge on any atom is -0.495 e. The van der Waals surface area contributed by atoms with Crippen molar-refractivity contribution in [3.63, 3.8) is 0 Å². The lowest BCUT2D eigenvalue weighted by Gasteiger charge is -2.11. The molecule has 0 aliphatic rings. The van der Waals surface area contributed by atoms with Gasteiger partial charge in [-0.05, 0) is 42.8 Å². The van der Waals surface area contributed by atoms with Crippen LogP contribution in [-0.4, -0.2) is 31.5 Å². The molecule has 0 aliphatic carbocycles. The van der Waals surface area contributed by atoms with Gasteiger partial charge in [0.2, 0.25) is 5.91 Å².